The average Bonchev–Trinajstić information content (AvgIpc) is 3.23. The normalized spacial score (nSPS) is 10.8. The van der Waals surface area contributed by atoms with Gasteiger partial charge in [0, 0.05) is 26.3 Å². The van der Waals surface area contributed by atoms with E-state index >= 15 is 0 Å². The average molecular weight is 423 g/mol. The van der Waals surface area contributed by atoms with Gasteiger partial charge in [-0.1, -0.05) is 6.07 Å². The molecule has 0 unspecified atom stereocenters. The zero-order valence-electron chi connectivity index (χ0n) is 16.7. The number of hydrogen-bond acceptors (Lipinski definition) is 12. The number of nitriles is 1. The van der Waals surface area contributed by atoms with Gasteiger partial charge >= 0.3 is 0 Å². The van der Waals surface area contributed by atoms with Crippen molar-refractivity contribution in [3.05, 3.63) is 36.2 Å². The molecule has 160 valence electrons. The molecule has 31 heavy (non-hydrogen) atoms. The highest BCUT2D eigenvalue weighted by Gasteiger charge is 2.16. The zero-order valence-corrected chi connectivity index (χ0v) is 16.7. The summed E-state index contributed by atoms with van der Waals surface area (Å²) in [5, 5.41) is 49.1. The Kier molecular flexibility index (Phi) is 7.35. The van der Waals surface area contributed by atoms with Crippen LogP contribution in [0.15, 0.2) is 40.8 Å². The monoisotopic (exact) mass is 423 g/mol. The Balaban J connectivity index is 2.05. The van der Waals surface area contributed by atoms with Gasteiger partial charge < -0.3 is 26.2 Å². The van der Waals surface area contributed by atoms with Crippen molar-refractivity contribution in [3.8, 4) is 11.9 Å². The molecule has 0 atom stereocenters. The van der Waals surface area contributed by atoms with Gasteiger partial charge in [0.25, 0.3) is 0 Å². The van der Waals surface area contributed by atoms with Crippen LogP contribution < -0.4 is 16.0 Å². The van der Waals surface area contributed by atoms with E-state index < -0.39 is 0 Å². The lowest BCUT2D eigenvalue weighted by Gasteiger charge is -2.13. The van der Waals surface area contributed by atoms with Crippen LogP contribution >= 0.6 is 0 Å². The van der Waals surface area contributed by atoms with E-state index in [0.717, 1.165) is 0 Å². The van der Waals surface area contributed by atoms with Gasteiger partial charge in [0.05, 0.1) is 19.4 Å². The maximum atomic E-state index is 9.43. The van der Waals surface area contributed by atoms with Crippen molar-refractivity contribution in [2.45, 2.75) is 0 Å². The summed E-state index contributed by atoms with van der Waals surface area (Å²) >= 11 is 0. The van der Waals surface area contributed by atoms with Gasteiger partial charge in [-0.2, -0.15) is 25.0 Å². The number of aliphatic hydroxyl groups excluding tert-OH is 2. The number of aromatic nitrogens is 5. The number of aliphatic hydroxyl groups is 2. The Morgan fingerprint density at radius 1 is 1.10 bits per heavy atom. The van der Waals surface area contributed by atoms with Crippen LogP contribution in [0.5, 0.6) is 0 Å². The van der Waals surface area contributed by atoms with Crippen molar-refractivity contribution in [2.24, 2.45) is 10.2 Å². The molecule has 0 aliphatic carbocycles. The van der Waals surface area contributed by atoms with Crippen LogP contribution in [0.2, 0.25) is 0 Å². The minimum Gasteiger partial charge on any atom is -0.395 e. The predicted octanol–water partition coefficient (Wildman–Crippen LogP) is 1.19. The standard InChI is InChI=1S/C18H21N11O2/c1-20-15-14(16(22-6-8-30)26-18(25-15)23-7-9-31)27-28-17-12(10-19)11-24-29(17)13-4-2-3-5-21-13/h2-5,11,30-31H,6-9H2,1H3,(H3,20,22,23,25,26)/b28-27+. The molecule has 13 nitrogen and oxygen atoms in total. The Hall–Kier alpha value is -4.15. The molecular weight excluding hydrogens is 402 g/mol. The lowest BCUT2D eigenvalue weighted by Crippen LogP contribution is -2.13. The van der Waals surface area contributed by atoms with E-state index in [1.165, 1.54) is 10.9 Å². The summed E-state index contributed by atoms with van der Waals surface area (Å²) in [6.07, 6.45) is 2.98. The number of azo groups is 1. The van der Waals surface area contributed by atoms with Crippen LogP contribution in [0.3, 0.4) is 0 Å². The SMILES string of the molecule is CNc1nc(NCCO)nc(NCCO)c1/N=N/c1c(C#N)cnn1-c1ccccn1. The number of nitrogens with one attached hydrogen (secondary N) is 3. The second kappa shape index (κ2) is 10.6. The highest BCUT2D eigenvalue weighted by atomic mass is 16.3. The van der Waals surface area contributed by atoms with Crippen molar-refractivity contribution in [1.82, 2.24) is 24.7 Å². The molecule has 0 aliphatic heterocycles. The molecule has 0 aromatic carbocycles. The Labute approximate surface area is 177 Å². The van der Waals surface area contributed by atoms with Crippen molar-refractivity contribution in [2.75, 3.05) is 49.3 Å². The summed E-state index contributed by atoms with van der Waals surface area (Å²) in [5.74, 6) is 1.58. The van der Waals surface area contributed by atoms with Crippen LogP contribution in [0.1, 0.15) is 5.56 Å². The zero-order chi connectivity index (χ0) is 22.1. The third-order valence-corrected chi connectivity index (χ3v) is 3.90. The number of nitrogens with zero attached hydrogens (tertiary/aromatic N) is 8. The number of hydrogen-bond donors (Lipinski definition) is 5. The molecule has 3 rings (SSSR count). The molecular formula is C18H21N11O2. The van der Waals surface area contributed by atoms with E-state index in [-0.39, 0.29) is 49.3 Å². The second-order valence-electron chi connectivity index (χ2n) is 5.94. The van der Waals surface area contributed by atoms with Crippen molar-refractivity contribution < 1.29 is 10.2 Å². The fourth-order valence-corrected chi connectivity index (χ4v) is 2.53. The largest absolute Gasteiger partial charge is 0.395 e. The number of rotatable bonds is 10. The van der Waals surface area contributed by atoms with Gasteiger partial charge in [-0.05, 0) is 12.1 Å². The van der Waals surface area contributed by atoms with Crippen molar-refractivity contribution in [3.63, 3.8) is 0 Å². The van der Waals surface area contributed by atoms with E-state index in [2.05, 4.69) is 46.2 Å². The third-order valence-electron chi connectivity index (χ3n) is 3.90. The maximum Gasteiger partial charge on any atom is 0.226 e. The molecule has 13 heteroatoms. The first-order valence-corrected chi connectivity index (χ1v) is 9.32. The van der Waals surface area contributed by atoms with E-state index in [1.54, 1.807) is 31.4 Å². The fourth-order valence-electron chi connectivity index (χ4n) is 2.53. The topological polar surface area (TPSA) is 182 Å². The molecule has 5 N–H and O–H groups in total. The van der Waals surface area contributed by atoms with Gasteiger partial charge in [-0.25, -0.2) is 4.98 Å². The number of anilines is 3. The molecule has 0 saturated carbocycles. The highest BCUT2D eigenvalue weighted by molar-refractivity contribution is 5.75. The predicted molar refractivity (Wildman–Crippen MR) is 113 cm³/mol. The quantitative estimate of drug-likeness (QED) is 0.297. The maximum absolute atomic E-state index is 9.43. The van der Waals surface area contributed by atoms with Crippen LogP contribution in [0.25, 0.3) is 5.82 Å². The summed E-state index contributed by atoms with van der Waals surface area (Å²) in [6, 6.07) is 7.32. The fraction of sp³-hybridized carbons (Fsp3) is 0.278. The van der Waals surface area contributed by atoms with Crippen LogP contribution in [0, 0.1) is 11.3 Å². The summed E-state index contributed by atoms with van der Waals surface area (Å²) in [4.78, 5) is 12.9. The van der Waals surface area contributed by atoms with Gasteiger partial charge in [0.15, 0.2) is 29.0 Å². The van der Waals surface area contributed by atoms with Crippen LogP contribution in [0.4, 0.5) is 29.1 Å². The Morgan fingerprint density at radius 2 is 1.87 bits per heavy atom. The Morgan fingerprint density at radius 3 is 2.55 bits per heavy atom. The molecule has 3 aromatic rings. The molecule has 0 bridgehead atoms. The van der Waals surface area contributed by atoms with Crippen LogP contribution in [-0.2, 0) is 0 Å². The van der Waals surface area contributed by atoms with Gasteiger partial charge in [0.1, 0.15) is 11.6 Å². The molecule has 0 saturated heterocycles. The summed E-state index contributed by atoms with van der Waals surface area (Å²) in [5.41, 5.74) is 0.482. The van der Waals surface area contributed by atoms with Gasteiger partial charge in [-0.15, -0.1) is 10.2 Å². The van der Waals surface area contributed by atoms with Crippen molar-refractivity contribution >= 4 is 29.1 Å². The van der Waals surface area contributed by atoms with E-state index in [4.69, 9.17) is 5.11 Å². The van der Waals surface area contributed by atoms with Crippen LogP contribution in [-0.4, -0.2) is 68.3 Å². The molecule has 0 aliphatic rings. The summed E-state index contributed by atoms with van der Waals surface area (Å²) < 4.78 is 1.40. The van der Waals surface area contributed by atoms with E-state index in [1.807, 2.05) is 6.07 Å². The molecule has 0 radical (unpaired) electrons. The molecule has 3 aromatic heterocycles. The minimum atomic E-state index is -0.125. The third kappa shape index (κ3) is 5.07. The lowest BCUT2D eigenvalue weighted by atomic mass is 10.3. The first-order chi connectivity index (χ1) is 15.2. The highest BCUT2D eigenvalue weighted by Crippen LogP contribution is 2.34. The summed E-state index contributed by atoms with van der Waals surface area (Å²) in [7, 11) is 1.66. The van der Waals surface area contributed by atoms with Crippen molar-refractivity contribution in [1.29, 1.82) is 5.26 Å². The number of pyridine rings is 1. The Bertz CT molecular complexity index is 1080. The minimum absolute atomic E-state index is 0.0897. The smallest absolute Gasteiger partial charge is 0.226 e. The first-order valence-electron chi connectivity index (χ1n) is 9.32. The second-order valence-corrected chi connectivity index (χ2v) is 5.94. The molecule has 0 fully saturated rings. The van der Waals surface area contributed by atoms with E-state index in [0.29, 0.717) is 17.5 Å². The lowest BCUT2D eigenvalue weighted by molar-refractivity contribution is 0.311. The first kappa shape index (κ1) is 21.6. The van der Waals surface area contributed by atoms with E-state index in [9.17, 15) is 10.4 Å². The molecule has 0 amide bonds. The van der Waals surface area contributed by atoms with Gasteiger partial charge in [0.2, 0.25) is 5.95 Å². The molecule has 0 spiro atoms. The summed E-state index contributed by atoms with van der Waals surface area (Å²) in [6.45, 7) is 0.267. The van der Waals surface area contributed by atoms with Gasteiger partial charge in [-0.3, -0.25) is 0 Å². The molecule has 3 heterocycles.